The highest BCUT2D eigenvalue weighted by atomic mass is 35.5. The summed E-state index contributed by atoms with van der Waals surface area (Å²) in [7, 11) is 0. The number of ether oxygens (including phenoxy) is 1. The lowest BCUT2D eigenvalue weighted by atomic mass is 10.2. The molecule has 2 atom stereocenters. The maximum Gasteiger partial charge on any atom is 0.265 e. The molecule has 0 saturated carbocycles. The number of fused-ring (bicyclic) bond motifs is 1. The zero-order chi connectivity index (χ0) is 15.1. The topological polar surface area (TPSA) is 29.5 Å². The molecule has 1 aromatic heterocycles. The first kappa shape index (κ1) is 14.8. The molecular formula is C16H18ClNO2S. The van der Waals surface area contributed by atoms with Gasteiger partial charge in [0.25, 0.3) is 5.91 Å². The van der Waals surface area contributed by atoms with Crippen LogP contribution in [0.1, 0.15) is 29.1 Å². The van der Waals surface area contributed by atoms with Gasteiger partial charge in [-0.2, -0.15) is 0 Å². The minimum Gasteiger partial charge on any atom is -0.372 e. The van der Waals surface area contributed by atoms with Crippen LogP contribution in [0.5, 0.6) is 0 Å². The monoisotopic (exact) mass is 323 g/mol. The Bertz CT molecular complexity index is 687. The van der Waals surface area contributed by atoms with E-state index in [-0.39, 0.29) is 18.1 Å². The van der Waals surface area contributed by atoms with Crippen LogP contribution in [-0.4, -0.2) is 36.1 Å². The van der Waals surface area contributed by atoms with E-state index in [1.807, 2.05) is 37.8 Å². The highest BCUT2D eigenvalue weighted by Crippen LogP contribution is 2.36. The van der Waals surface area contributed by atoms with Gasteiger partial charge >= 0.3 is 0 Å². The molecule has 1 aliphatic rings. The normalized spacial score (nSPS) is 22.8. The average molecular weight is 324 g/mol. The predicted molar refractivity (Wildman–Crippen MR) is 87.5 cm³/mol. The summed E-state index contributed by atoms with van der Waals surface area (Å²) in [6.45, 7) is 7.26. The first-order chi connectivity index (χ1) is 9.95. The van der Waals surface area contributed by atoms with Crippen molar-refractivity contribution in [3.63, 3.8) is 0 Å². The highest BCUT2D eigenvalue weighted by Gasteiger charge is 2.29. The van der Waals surface area contributed by atoms with Crippen molar-refractivity contribution in [3.8, 4) is 0 Å². The molecule has 0 N–H and O–H groups in total. The van der Waals surface area contributed by atoms with Crippen molar-refractivity contribution >= 4 is 38.9 Å². The molecule has 112 valence electrons. The fourth-order valence-corrected chi connectivity index (χ4v) is 4.38. The quantitative estimate of drug-likeness (QED) is 0.790. The second-order valence-corrected chi connectivity index (χ2v) is 7.14. The largest absolute Gasteiger partial charge is 0.372 e. The number of morpholine rings is 1. The zero-order valence-corrected chi connectivity index (χ0v) is 13.9. The second kappa shape index (κ2) is 5.59. The molecule has 0 bridgehead atoms. The van der Waals surface area contributed by atoms with E-state index in [0.29, 0.717) is 23.0 Å². The van der Waals surface area contributed by atoms with Crippen molar-refractivity contribution in [1.82, 2.24) is 4.90 Å². The van der Waals surface area contributed by atoms with Crippen LogP contribution in [0.4, 0.5) is 0 Å². The summed E-state index contributed by atoms with van der Waals surface area (Å²) in [6, 6.07) is 6.09. The van der Waals surface area contributed by atoms with Gasteiger partial charge in [0, 0.05) is 23.2 Å². The van der Waals surface area contributed by atoms with Gasteiger partial charge in [0.05, 0.1) is 17.2 Å². The number of hydrogen-bond acceptors (Lipinski definition) is 3. The molecule has 3 nitrogen and oxygen atoms in total. The van der Waals surface area contributed by atoms with Gasteiger partial charge in [-0.25, -0.2) is 0 Å². The molecule has 21 heavy (non-hydrogen) atoms. The molecule has 0 spiro atoms. The molecule has 1 amide bonds. The average Bonchev–Trinajstić information content (AvgIpc) is 2.73. The van der Waals surface area contributed by atoms with E-state index in [0.717, 1.165) is 10.1 Å². The van der Waals surface area contributed by atoms with Crippen molar-refractivity contribution in [1.29, 1.82) is 0 Å². The lowest BCUT2D eigenvalue weighted by Gasteiger charge is -2.35. The van der Waals surface area contributed by atoms with E-state index in [1.165, 1.54) is 16.9 Å². The molecule has 2 aromatic rings. The molecule has 0 unspecified atom stereocenters. The lowest BCUT2D eigenvalue weighted by molar-refractivity contribution is -0.0584. The molecule has 3 rings (SSSR count). The van der Waals surface area contributed by atoms with Gasteiger partial charge in [-0.15, -0.1) is 11.3 Å². The molecule has 5 heteroatoms. The summed E-state index contributed by atoms with van der Waals surface area (Å²) < 4.78 is 6.75. The van der Waals surface area contributed by atoms with E-state index in [1.54, 1.807) is 0 Å². The third-order valence-corrected chi connectivity index (χ3v) is 5.33. The molecule has 1 aliphatic heterocycles. The van der Waals surface area contributed by atoms with Crippen molar-refractivity contribution in [2.75, 3.05) is 13.1 Å². The van der Waals surface area contributed by atoms with Crippen molar-refractivity contribution in [2.24, 2.45) is 0 Å². The lowest BCUT2D eigenvalue weighted by Crippen LogP contribution is -2.48. The molecule has 1 fully saturated rings. The standard InChI is InChI=1S/C16H18ClNO2S/c1-9-4-5-12-13(6-9)21-15(14(12)17)16(19)18-7-10(2)20-11(3)8-18/h4-6,10-11H,7-8H2,1-3H3/t10-,11-/m0/s1. The summed E-state index contributed by atoms with van der Waals surface area (Å²) in [6.07, 6.45) is 0.126. The molecular weight excluding hydrogens is 306 g/mol. The number of benzene rings is 1. The number of nitrogens with zero attached hydrogens (tertiary/aromatic N) is 1. The zero-order valence-electron chi connectivity index (χ0n) is 12.4. The second-order valence-electron chi connectivity index (χ2n) is 5.71. The summed E-state index contributed by atoms with van der Waals surface area (Å²) in [5.41, 5.74) is 1.17. The van der Waals surface area contributed by atoms with Crippen molar-refractivity contribution in [3.05, 3.63) is 33.7 Å². The van der Waals surface area contributed by atoms with E-state index >= 15 is 0 Å². The summed E-state index contributed by atoms with van der Waals surface area (Å²) in [5.74, 6) is 0.0147. The van der Waals surface area contributed by atoms with Crippen molar-refractivity contribution < 1.29 is 9.53 Å². The number of thiophene rings is 1. The Labute approximate surface area is 133 Å². The Morgan fingerprint density at radius 2 is 2.00 bits per heavy atom. The molecule has 0 radical (unpaired) electrons. The van der Waals surface area contributed by atoms with Crippen LogP contribution in [0.15, 0.2) is 18.2 Å². The van der Waals surface area contributed by atoms with Gasteiger partial charge in [0.15, 0.2) is 0 Å². The maximum absolute atomic E-state index is 12.8. The van der Waals surface area contributed by atoms with E-state index in [9.17, 15) is 4.79 Å². The van der Waals surface area contributed by atoms with Crippen LogP contribution in [0, 0.1) is 6.92 Å². The third-order valence-electron chi connectivity index (χ3n) is 3.69. The molecule has 2 heterocycles. The van der Waals surface area contributed by atoms with Gasteiger partial charge < -0.3 is 9.64 Å². The number of carbonyl (C=O) groups is 1. The van der Waals surface area contributed by atoms with Crippen molar-refractivity contribution in [2.45, 2.75) is 33.0 Å². The van der Waals surface area contributed by atoms with Crippen LogP contribution in [-0.2, 0) is 4.74 Å². The number of halogens is 1. The maximum atomic E-state index is 12.8. The van der Waals surface area contributed by atoms with Crippen LogP contribution in [0.25, 0.3) is 10.1 Å². The number of amides is 1. The summed E-state index contributed by atoms with van der Waals surface area (Å²) >= 11 is 7.91. The van der Waals surface area contributed by atoms with Crippen LogP contribution in [0.2, 0.25) is 5.02 Å². The minimum absolute atomic E-state index is 0.0147. The third kappa shape index (κ3) is 2.80. The van der Waals surface area contributed by atoms with Gasteiger partial charge in [0.1, 0.15) is 4.88 Å². The molecule has 1 saturated heterocycles. The number of rotatable bonds is 1. The summed E-state index contributed by atoms with van der Waals surface area (Å²) in [5, 5.41) is 1.54. The van der Waals surface area contributed by atoms with Gasteiger partial charge in [0.2, 0.25) is 0 Å². The minimum atomic E-state index is 0.0147. The number of aryl methyl sites for hydroxylation is 1. The Balaban J connectivity index is 1.96. The van der Waals surface area contributed by atoms with E-state index in [4.69, 9.17) is 16.3 Å². The Morgan fingerprint density at radius 3 is 2.67 bits per heavy atom. The van der Waals surface area contributed by atoms with Crippen LogP contribution >= 0.6 is 22.9 Å². The van der Waals surface area contributed by atoms with Gasteiger partial charge in [-0.3, -0.25) is 4.79 Å². The molecule has 0 aliphatic carbocycles. The number of hydrogen-bond donors (Lipinski definition) is 0. The smallest absolute Gasteiger partial charge is 0.265 e. The van der Waals surface area contributed by atoms with Gasteiger partial charge in [-0.1, -0.05) is 23.7 Å². The highest BCUT2D eigenvalue weighted by molar-refractivity contribution is 7.21. The molecule has 1 aromatic carbocycles. The van der Waals surface area contributed by atoms with E-state index in [2.05, 4.69) is 6.07 Å². The van der Waals surface area contributed by atoms with Gasteiger partial charge in [-0.05, 0) is 32.4 Å². The van der Waals surface area contributed by atoms with Crippen LogP contribution < -0.4 is 0 Å². The Kier molecular flexibility index (Phi) is 3.95. The summed E-state index contributed by atoms with van der Waals surface area (Å²) in [4.78, 5) is 15.2. The fraction of sp³-hybridized carbons (Fsp3) is 0.438. The predicted octanol–water partition coefficient (Wildman–Crippen LogP) is 4.11. The SMILES string of the molecule is Cc1ccc2c(Cl)c(C(=O)N3C[C@H](C)O[C@@H](C)C3)sc2c1. The van der Waals surface area contributed by atoms with Crippen LogP contribution in [0.3, 0.4) is 0 Å². The Morgan fingerprint density at radius 1 is 1.33 bits per heavy atom. The van der Waals surface area contributed by atoms with E-state index < -0.39 is 0 Å². The number of carbonyl (C=O) groups excluding carboxylic acids is 1. The first-order valence-electron chi connectivity index (χ1n) is 7.09. The Hall–Kier alpha value is -1.10. The first-order valence-corrected chi connectivity index (χ1v) is 8.28. The fourth-order valence-electron chi connectivity index (χ4n) is 2.80.